The zero-order chi connectivity index (χ0) is 8.91. The molecular formula is C3H9N3O3S2. The lowest BCUT2D eigenvalue weighted by molar-refractivity contribution is 0.365. The first kappa shape index (κ1) is 10.7. The molecule has 0 saturated heterocycles. The van der Waals surface area contributed by atoms with Crippen molar-refractivity contribution in [3.05, 3.63) is 0 Å². The van der Waals surface area contributed by atoms with Gasteiger partial charge in [-0.05, 0) is 0 Å². The molecule has 1 heterocycles. The summed E-state index contributed by atoms with van der Waals surface area (Å²) in [6.07, 6.45) is 0.715. The summed E-state index contributed by atoms with van der Waals surface area (Å²) in [7, 11) is -3.67. The molecule has 8 heteroatoms. The van der Waals surface area contributed by atoms with Crippen LogP contribution in [-0.4, -0.2) is 35.8 Å². The van der Waals surface area contributed by atoms with Gasteiger partial charge in [-0.15, -0.1) is 0 Å². The standard InChI is InChI=1S/C2H5N3S.CH4O3S/c3-5-2-6-1-4-5;1-5(2,3)4/h1H,2-3H2;1H3,(H,2,3,4). The average Bonchev–Trinajstić information content (AvgIpc) is 2.12. The Bertz CT molecular complexity index is 216. The maximum Gasteiger partial charge on any atom is 0.261 e. The molecule has 1 rings (SSSR count). The number of nitrogens with zero attached hydrogens (tertiary/aromatic N) is 2. The first-order chi connectivity index (χ1) is 4.89. The molecule has 0 spiro atoms. The summed E-state index contributed by atoms with van der Waals surface area (Å²) in [6, 6.07) is 0. The Morgan fingerprint density at radius 3 is 2.36 bits per heavy atom. The SMILES string of the molecule is CS(=O)(=O)O.NN1CSC=N1. The minimum Gasteiger partial charge on any atom is -0.286 e. The fraction of sp³-hybridized carbons (Fsp3) is 0.667. The molecule has 0 aromatic heterocycles. The highest BCUT2D eigenvalue weighted by Crippen LogP contribution is 2.02. The van der Waals surface area contributed by atoms with E-state index in [4.69, 9.17) is 10.4 Å². The average molecular weight is 199 g/mol. The molecule has 0 aromatic carbocycles. The van der Waals surface area contributed by atoms with Crippen LogP contribution in [0.2, 0.25) is 0 Å². The van der Waals surface area contributed by atoms with E-state index in [0.717, 1.165) is 5.88 Å². The van der Waals surface area contributed by atoms with Crippen molar-refractivity contribution in [2.75, 3.05) is 12.1 Å². The van der Waals surface area contributed by atoms with Crippen LogP contribution in [0.1, 0.15) is 0 Å². The summed E-state index contributed by atoms with van der Waals surface area (Å²) in [5.41, 5.74) is 1.72. The van der Waals surface area contributed by atoms with Crippen molar-refractivity contribution in [1.82, 2.24) is 5.12 Å². The number of hydrazine groups is 1. The van der Waals surface area contributed by atoms with Gasteiger partial charge in [-0.3, -0.25) is 4.55 Å². The van der Waals surface area contributed by atoms with Crippen LogP contribution in [0.4, 0.5) is 0 Å². The number of thioether (sulfide) groups is 1. The summed E-state index contributed by atoms with van der Waals surface area (Å²) in [6.45, 7) is 0. The predicted octanol–water partition coefficient (Wildman–Crippen LogP) is -0.686. The van der Waals surface area contributed by atoms with E-state index >= 15 is 0 Å². The summed E-state index contributed by atoms with van der Waals surface area (Å²) in [5, 5.41) is 5.08. The van der Waals surface area contributed by atoms with Crippen LogP contribution < -0.4 is 5.84 Å². The van der Waals surface area contributed by atoms with Crippen LogP contribution in [0.5, 0.6) is 0 Å². The van der Waals surface area contributed by atoms with Gasteiger partial charge in [0.1, 0.15) is 5.88 Å². The van der Waals surface area contributed by atoms with E-state index < -0.39 is 10.1 Å². The summed E-state index contributed by atoms with van der Waals surface area (Å²) in [4.78, 5) is 0. The van der Waals surface area contributed by atoms with Crippen molar-refractivity contribution in [3.63, 3.8) is 0 Å². The molecule has 1 aliphatic rings. The highest BCUT2D eigenvalue weighted by atomic mass is 32.2. The minimum absolute atomic E-state index is 0.715. The summed E-state index contributed by atoms with van der Waals surface area (Å²) in [5.74, 6) is 5.94. The number of rotatable bonds is 0. The fourth-order valence-corrected chi connectivity index (χ4v) is 0.711. The zero-order valence-corrected chi connectivity index (χ0v) is 7.47. The van der Waals surface area contributed by atoms with Gasteiger partial charge >= 0.3 is 0 Å². The van der Waals surface area contributed by atoms with E-state index in [0.29, 0.717) is 6.26 Å². The Labute approximate surface area is 69.2 Å². The van der Waals surface area contributed by atoms with Crippen LogP contribution in [-0.2, 0) is 10.1 Å². The second-order valence-electron chi connectivity index (χ2n) is 1.69. The van der Waals surface area contributed by atoms with Gasteiger partial charge in [0.05, 0.1) is 11.8 Å². The lowest BCUT2D eigenvalue weighted by Crippen LogP contribution is -2.20. The van der Waals surface area contributed by atoms with Gasteiger partial charge in [-0.25, -0.2) is 11.0 Å². The quantitative estimate of drug-likeness (QED) is 0.396. The first-order valence-corrected chi connectivity index (χ1v) is 5.38. The van der Waals surface area contributed by atoms with E-state index in [1.165, 1.54) is 5.12 Å². The number of nitrogens with two attached hydrogens (primary N) is 1. The topological polar surface area (TPSA) is 96.0 Å². The summed E-state index contributed by atoms with van der Waals surface area (Å²) >= 11 is 1.59. The molecule has 0 saturated carbocycles. The Hall–Kier alpha value is -0.310. The van der Waals surface area contributed by atoms with Gasteiger partial charge in [0.25, 0.3) is 10.1 Å². The molecule has 0 radical (unpaired) electrons. The Kier molecular flexibility index (Phi) is 4.42. The molecule has 0 bridgehead atoms. The maximum absolute atomic E-state index is 9.19. The van der Waals surface area contributed by atoms with Gasteiger partial charge < -0.3 is 0 Å². The maximum atomic E-state index is 9.19. The van der Waals surface area contributed by atoms with Gasteiger partial charge in [-0.2, -0.15) is 13.5 Å². The Morgan fingerprint density at radius 1 is 1.82 bits per heavy atom. The van der Waals surface area contributed by atoms with Gasteiger partial charge in [0.15, 0.2) is 0 Å². The first-order valence-electron chi connectivity index (χ1n) is 2.48. The molecule has 6 nitrogen and oxygen atoms in total. The van der Waals surface area contributed by atoms with Crippen LogP contribution >= 0.6 is 11.8 Å². The van der Waals surface area contributed by atoms with Gasteiger partial charge in [0, 0.05) is 0 Å². The fourth-order valence-electron chi connectivity index (χ4n) is 0.237. The van der Waals surface area contributed by atoms with Crippen molar-refractivity contribution >= 4 is 27.4 Å². The number of hydrazone groups is 1. The smallest absolute Gasteiger partial charge is 0.261 e. The predicted molar refractivity (Wildman–Crippen MR) is 44.4 cm³/mol. The van der Waals surface area contributed by atoms with Crippen LogP contribution in [0.25, 0.3) is 0 Å². The van der Waals surface area contributed by atoms with E-state index in [-0.39, 0.29) is 0 Å². The highest BCUT2D eigenvalue weighted by Gasteiger charge is 1.95. The third-order valence-electron chi connectivity index (χ3n) is 0.477. The van der Waals surface area contributed by atoms with Crippen molar-refractivity contribution in [1.29, 1.82) is 0 Å². The molecule has 3 N–H and O–H groups in total. The minimum atomic E-state index is -3.67. The monoisotopic (exact) mass is 199 g/mol. The third-order valence-corrected chi connectivity index (χ3v) is 1.13. The number of hydrogen-bond acceptors (Lipinski definition) is 6. The third kappa shape index (κ3) is 12.8. The lowest BCUT2D eigenvalue weighted by Gasteiger charge is -1.98. The second-order valence-corrected chi connectivity index (χ2v) is 3.96. The Morgan fingerprint density at radius 2 is 2.27 bits per heavy atom. The molecule has 66 valence electrons. The normalized spacial score (nSPS) is 16.1. The van der Waals surface area contributed by atoms with Crippen molar-refractivity contribution in [2.24, 2.45) is 10.9 Å². The van der Waals surface area contributed by atoms with Crippen molar-refractivity contribution < 1.29 is 13.0 Å². The molecule has 0 unspecified atom stereocenters. The van der Waals surface area contributed by atoms with Crippen LogP contribution in [0.15, 0.2) is 5.10 Å². The van der Waals surface area contributed by atoms with E-state index in [1.807, 2.05) is 0 Å². The molecule has 0 aliphatic carbocycles. The zero-order valence-electron chi connectivity index (χ0n) is 5.84. The molecule has 0 amide bonds. The number of hydrogen-bond donors (Lipinski definition) is 2. The molecule has 11 heavy (non-hydrogen) atoms. The van der Waals surface area contributed by atoms with E-state index in [1.54, 1.807) is 17.3 Å². The highest BCUT2D eigenvalue weighted by molar-refractivity contribution is 8.12. The molecule has 0 atom stereocenters. The van der Waals surface area contributed by atoms with Gasteiger partial charge in [-0.1, -0.05) is 11.8 Å². The second kappa shape index (κ2) is 4.54. The summed E-state index contributed by atoms with van der Waals surface area (Å²) < 4.78 is 25.9. The molecule has 0 fully saturated rings. The molecule has 1 aliphatic heterocycles. The molecule has 0 aromatic rings. The Balaban J connectivity index is 0.000000187. The van der Waals surface area contributed by atoms with Crippen LogP contribution in [0.3, 0.4) is 0 Å². The molecular weight excluding hydrogens is 190 g/mol. The van der Waals surface area contributed by atoms with Crippen molar-refractivity contribution in [3.8, 4) is 0 Å². The largest absolute Gasteiger partial charge is 0.286 e. The van der Waals surface area contributed by atoms with Crippen molar-refractivity contribution in [2.45, 2.75) is 0 Å². The van der Waals surface area contributed by atoms with E-state index in [2.05, 4.69) is 5.10 Å². The van der Waals surface area contributed by atoms with Crippen LogP contribution in [0, 0.1) is 0 Å². The van der Waals surface area contributed by atoms with Gasteiger partial charge in [0.2, 0.25) is 0 Å². The van der Waals surface area contributed by atoms with E-state index in [9.17, 15) is 8.42 Å². The lowest BCUT2D eigenvalue weighted by atomic mass is 11.4.